The standard InChI is InChI=1S/C20H17N3O5/c1-26-15-6-7-16-14(11-27-18(16)9-15)8-19(24)22-23-20(25)12-28-17-5-3-2-4-13(17)10-21/h2-7,9,11H,8,12H2,1H3,(H,22,24)(H,23,25). The van der Waals surface area contributed by atoms with Crippen molar-refractivity contribution in [2.75, 3.05) is 13.7 Å². The van der Waals surface area contributed by atoms with Crippen LogP contribution in [0.25, 0.3) is 11.0 Å². The summed E-state index contributed by atoms with van der Waals surface area (Å²) in [5.41, 5.74) is 6.21. The first-order valence-electron chi connectivity index (χ1n) is 8.34. The summed E-state index contributed by atoms with van der Waals surface area (Å²) in [5.74, 6) is -0.0120. The van der Waals surface area contributed by atoms with E-state index >= 15 is 0 Å². The number of ether oxygens (including phenoxy) is 2. The highest BCUT2D eigenvalue weighted by molar-refractivity contribution is 5.89. The number of rotatable bonds is 6. The van der Waals surface area contributed by atoms with Crippen molar-refractivity contribution in [3.05, 3.63) is 59.9 Å². The summed E-state index contributed by atoms with van der Waals surface area (Å²) in [6.07, 6.45) is 1.52. The lowest BCUT2D eigenvalue weighted by Gasteiger charge is -2.09. The van der Waals surface area contributed by atoms with E-state index in [0.29, 0.717) is 28.2 Å². The molecule has 0 fully saturated rings. The van der Waals surface area contributed by atoms with E-state index in [9.17, 15) is 9.59 Å². The van der Waals surface area contributed by atoms with E-state index in [4.69, 9.17) is 19.2 Å². The molecule has 2 amide bonds. The predicted octanol–water partition coefficient (Wildman–Crippen LogP) is 2.08. The number of benzene rings is 2. The maximum absolute atomic E-state index is 12.1. The Kier molecular flexibility index (Phi) is 5.77. The monoisotopic (exact) mass is 379 g/mol. The van der Waals surface area contributed by atoms with Gasteiger partial charge in [0.1, 0.15) is 23.2 Å². The third kappa shape index (κ3) is 4.40. The van der Waals surface area contributed by atoms with Gasteiger partial charge < -0.3 is 13.9 Å². The van der Waals surface area contributed by atoms with Crippen LogP contribution in [0.1, 0.15) is 11.1 Å². The van der Waals surface area contributed by atoms with Crippen LogP contribution in [0.2, 0.25) is 0 Å². The molecule has 8 heteroatoms. The quantitative estimate of drug-likeness (QED) is 0.634. The van der Waals surface area contributed by atoms with Crippen molar-refractivity contribution in [1.82, 2.24) is 10.9 Å². The zero-order valence-corrected chi connectivity index (χ0v) is 15.0. The topological polar surface area (TPSA) is 114 Å². The molecule has 0 aliphatic heterocycles. The number of nitriles is 1. The summed E-state index contributed by atoms with van der Waals surface area (Å²) >= 11 is 0. The van der Waals surface area contributed by atoms with Gasteiger partial charge in [-0.2, -0.15) is 5.26 Å². The molecule has 3 rings (SSSR count). The SMILES string of the molecule is COc1ccc2c(CC(=O)NNC(=O)COc3ccccc3C#N)coc2c1. The molecule has 0 spiro atoms. The second-order valence-electron chi connectivity index (χ2n) is 5.79. The molecule has 0 aliphatic carbocycles. The Morgan fingerprint density at radius 2 is 1.93 bits per heavy atom. The zero-order chi connectivity index (χ0) is 19.9. The first-order chi connectivity index (χ1) is 13.6. The second-order valence-corrected chi connectivity index (χ2v) is 5.79. The number of nitrogens with zero attached hydrogens (tertiary/aromatic N) is 1. The molecule has 0 radical (unpaired) electrons. The van der Waals surface area contributed by atoms with Crippen LogP contribution >= 0.6 is 0 Å². The number of furan rings is 1. The highest BCUT2D eigenvalue weighted by Gasteiger charge is 2.12. The zero-order valence-electron chi connectivity index (χ0n) is 15.0. The Morgan fingerprint density at radius 1 is 1.14 bits per heavy atom. The van der Waals surface area contributed by atoms with Gasteiger partial charge in [-0.05, 0) is 24.3 Å². The summed E-state index contributed by atoms with van der Waals surface area (Å²) in [4.78, 5) is 23.9. The normalized spacial score (nSPS) is 10.1. The molecule has 0 saturated carbocycles. The Bertz CT molecular complexity index is 1050. The van der Waals surface area contributed by atoms with Crippen LogP contribution in [0.3, 0.4) is 0 Å². The number of nitrogens with one attached hydrogen (secondary N) is 2. The third-order valence-corrected chi connectivity index (χ3v) is 3.92. The van der Waals surface area contributed by atoms with Gasteiger partial charge in [0.15, 0.2) is 6.61 Å². The molecule has 3 aromatic rings. The minimum atomic E-state index is -0.553. The lowest BCUT2D eigenvalue weighted by Crippen LogP contribution is -2.44. The molecule has 8 nitrogen and oxygen atoms in total. The number of hydrogen-bond donors (Lipinski definition) is 2. The highest BCUT2D eigenvalue weighted by atomic mass is 16.5. The van der Waals surface area contributed by atoms with Gasteiger partial charge in [-0.25, -0.2) is 0 Å². The fourth-order valence-electron chi connectivity index (χ4n) is 2.55. The number of carbonyl (C=O) groups is 2. The predicted molar refractivity (Wildman–Crippen MR) is 99.4 cm³/mol. The van der Waals surface area contributed by atoms with Crippen LogP contribution in [-0.2, 0) is 16.0 Å². The van der Waals surface area contributed by atoms with E-state index in [2.05, 4.69) is 10.9 Å². The number of methoxy groups -OCH3 is 1. The molecule has 0 unspecified atom stereocenters. The third-order valence-electron chi connectivity index (χ3n) is 3.92. The van der Waals surface area contributed by atoms with E-state index in [0.717, 1.165) is 5.39 Å². The number of fused-ring (bicyclic) bond motifs is 1. The van der Waals surface area contributed by atoms with Crippen LogP contribution in [0.5, 0.6) is 11.5 Å². The fraction of sp³-hybridized carbons (Fsp3) is 0.150. The molecule has 142 valence electrons. The largest absolute Gasteiger partial charge is 0.497 e. The van der Waals surface area contributed by atoms with E-state index < -0.39 is 11.8 Å². The van der Waals surface area contributed by atoms with Crippen molar-refractivity contribution < 1.29 is 23.5 Å². The number of para-hydroxylation sites is 1. The molecule has 0 aliphatic rings. The van der Waals surface area contributed by atoms with Crippen molar-refractivity contribution in [2.45, 2.75) is 6.42 Å². The summed E-state index contributed by atoms with van der Waals surface area (Å²) in [7, 11) is 1.56. The lowest BCUT2D eigenvalue weighted by atomic mass is 10.1. The Hall–Kier alpha value is -3.99. The van der Waals surface area contributed by atoms with E-state index in [1.54, 1.807) is 49.6 Å². The molecule has 2 aromatic carbocycles. The second kappa shape index (κ2) is 8.60. The van der Waals surface area contributed by atoms with Gasteiger partial charge in [-0.1, -0.05) is 12.1 Å². The first-order valence-corrected chi connectivity index (χ1v) is 8.34. The molecule has 0 bridgehead atoms. The minimum Gasteiger partial charge on any atom is -0.497 e. The summed E-state index contributed by atoms with van der Waals surface area (Å²) in [5, 5.41) is 9.78. The molecule has 28 heavy (non-hydrogen) atoms. The van der Waals surface area contributed by atoms with Crippen LogP contribution in [-0.4, -0.2) is 25.5 Å². The van der Waals surface area contributed by atoms with Crippen molar-refractivity contribution in [3.8, 4) is 17.6 Å². The molecule has 0 atom stereocenters. The summed E-state index contributed by atoms with van der Waals surface area (Å²) < 4.78 is 15.9. The molecule has 1 heterocycles. The average molecular weight is 379 g/mol. The maximum Gasteiger partial charge on any atom is 0.276 e. The fourth-order valence-corrected chi connectivity index (χ4v) is 2.55. The van der Waals surface area contributed by atoms with Gasteiger partial charge in [-0.15, -0.1) is 0 Å². The van der Waals surface area contributed by atoms with Gasteiger partial charge in [0.05, 0.1) is 25.4 Å². The smallest absolute Gasteiger partial charge is 0.276 e. The number of hydrogen-bond acceptors (Lipinski definition) is 6. The van der Waals surface area contributed by atoms with Crippen LogP contribution < -0.4 is 20.3 Å². The number of hydrazine groups is 1. The average Bonchev–Trinajstić information content (AvgIpc) is 3.12. The van der Waals surface area contributed by atoms with Crippen LogP contribution in [0.4, 0.5) is 0 Å². The molecule has 1 aromatic heterocycles. The Labute approximate surface area is 160 Å². The molecule has 0 saturated heterocycles. The lowest BCUT2D eigenvalue weighted by molar-refractivity contribution is -0.129. The number of carbonyl (C=O) groups excluding carboxylic acids is 2. The van der Waals surface area contributed by atoms with Crippen molar-refractivity contribution in [1.29, 1.82) is 5.26 Å². The molecular formula is C20H17N3O5. The summed E-state index contributed by atoms with van der Waals surface area (Å²) in [6.45, 7) is -0.340. The van der Waals surface area contributed by atoms with E-state index in [1.807, 2.05) is 6.07 Å². The van der Waals surface area contributed by atoms with Gasteiger partial charge in [0.2, 0.25) is 5.91 Å². The van der Waals surface area contributed by atoms with Gasteiger partial charge in [0, 0.05) is 17.0 Å². The highest BCUT2D eigenvalue weighted by Crippen LogP contribution is 2.25. The van der Waals surface area contributed by atoms with Crippen molar-refractivity contribution in [2.24, 2.45) is 0 Å². The first kappa shape index (κ1) is 18.8. The summed E-state index contributed by atoms with van der Waals surface area (Å²) in [6, 6.07) is 13.8. The van der Waals surface area contributed by atoms with Crippen LogP contribution in [0, 0.1) is 11.3 Å². The molecule has 2 N–H and O–H groups in total. The minimum absolute atomic E-state index is 0.0255. The van der Waals surface area contributed by atoms with Gasteiger partial charge in [-0.3, -0.25) is 20.4 Å². The van der Waals surface area contributed by atoms with Gasteiger partial charge in [0.25, 0.3) is 5.91 Å². The maximum atomic E-state index is 12.1. The van der Waals surface area contributed by atoms with Crippen molar-refractivity contribution >= 4 is 22.8 Å². The van der Waals surface area contributed by atoms with Crippen LogP contribution in [0.15, 0.2) is 53.1 Å². The Morgan fingerprint density at radius 3 is 2.71 bits per heavy atom. The molecular weight excluding hydrogens is 362 g/mol. The van der Waals surface area contributed by atoms with Crippen molar-refractivity contribution in [3.63, 3.8) is 0 Å². The van der Waals surface area contributed by atoms with E-state index in [-0.39, 0.29) is 13.0 Å². The number of amides is 2. The van der Waals surface area contributed by atoms with Gasteiger partial charge >= 0.3 is 0 Å². The van der Waals surface area contributed by atoms with E-state index in [1.165, 1.54) is 6.26 Å². The Balaban J connectivity index is 1.50.